The number of benzene rings is 1. The van der Waals surface area contributed by atoms with E-state index in [1.807, 2.05) is 37.3 Å². The van der Waals surface area contributed by atoms with Gasteiger partial charge < -0.3 is 15.4 Å². The molecule has 0 spiro atoms. The minimum Gasteiger partial charge on any atom is -0.474 e. The topological polar surface area (TPSA) is 93.1 Å². The van der Waals surface area contributed by atoms with Gasteiger partial charge in [0.05, 0.1) is 11.4 Å². The van der Waals surface area contributed by atoms with Gasteiger partial charge in [-0.25, -0.2) is 14.5 Å². The number of rotatable bonds is 6. The van der Waals surface area contributed by atoms with Crippen LogP contribution in [0.25, 0.3) is 5.69 Å². The molecule has 2 fully saturated rings. The lowest BCUT2D eigenvalue weighted by molar-refractivity contribution is 0.156. The van der Waals surface area contributed by atoms with E-state index in [2.05, 4.69) is 27.9 Å². The monoisotopic (exact) mass is 446 g/mol. The van der Waals surface area contributed by atoms with Gasteiger partial charge in [-0.3, -0.25) is 5.32 Å². The highest BCUT2D eigenvalue weighted by atomic mass is 16.5. The minimum atomic E-state index is -0.338. The number of nitrogens with one attached hydrogen (secondary N) is 3. The molecule has 8 heteroatoms. The summed E-state index contributed by atoms with van der Waals surface area (Å²) in [7, 11) is 0. The number of amides is 2. The second kappa shape index (κ2) is 8.86. The summed E-state index contributed by atoms with van der Waals surface area (Å²) in [6, 6.07) is 13.3. The molecule has 33 heavy (non-hydrogen) atoms. The number of ether oxygens (including phenoxy) is 1. The van der Waals surface area contributed by atoms with Crippen LogP contribution in [0.4, 0.5) is 16.3 Å². The van der Waals surface area contributed by atoms with Gasteiger partial charge in [-0.15, -0.1) is 0 Å². The first-order valence-corrected chi connectivity index (χ1v) is 11.6. The number of anilines is 2. The molecule has 8 nitrogen and oxygen atoms in total. The van der Waals surface area contributed by atoms with Gasteiger partial charge in [0.25, 0.3) is 0 Å². The summed E-state index contributed by atoms with van der Waals surface area (Å²) in [5.41, 5.74) is 3.80. The average Bonchev–Trinajstić information content (AvgIpc) is 3.42. The van der Waals surface area contributed by atoms with Crippen LogP contribution >= 0.6 is 0 Å². The Bertz CT molecular complexity index is 1130. The van der Waals surface area contributed by atoms with E-state index in [-0.39, 0.29) is 17.6 Å². The number of aryl methyl sites for hydroxylation is 1. The first-order valence-electron chi connectivity index (χ1n) is 11.6. The van der Waals surface area contributed by atoms with Gasteiger partial charge in [-0.05, 0) is 63.9 Å². The Kier molecular flexibility index (Phi) is 5.76. The van der Waals surface area contributed by atoms with E-state index in [1.165, 1.54) is 5.56 Å². The number of urea groups is 1. The number of carbonyl (C=O) groups excluding carboxylic acids is 1. The van der Waals surface area contributed by atoms with Gasteiger partial charge in [0, 0.05) is 29.4 Å². The summed E-state index contributed by atoms with van der Waals surface area (Å²) in [4.78, 5) is 17.2. The van der Waals surface area contributed by atoms with Crippen LogP contribution in [0.15, 0.2) is 48.7 Å². The average molecular weight is 447 g/mol. The molecule has 1 aliphatic heterocycles. The zero-order chi connectivity index (χ0) is 22.8. The van der Waals surface area contributed by atoms with Gasteiger partial charge in [0.1, 0.15) is 11.9 Å². The molecule has 2 aliphatic rings. The molecular weight excluding hydrogens is 416 g/mol. The van der Waals surface area contributed by atoms with Crippen LogP contribution in [-0.4, -0.2) is 40.0 Å². The lowest BCUT2D eigenvalue weighted by Crippen LogP contribution is -2.34. The van der Waals surface area contributed by atoms with Crippen molar-refractivity contribution in [2.75, 3.05) is 23.7 Å². The third kappa shape index (κ3) is 5.01. The first kappa shape index (κ1) is 21.5. The van der Waals surface area contributed by atoms with E-state index in [4.69, 9.17) is 9.84 Å². The number of hydrogen-bond acceptors (Lipinski definition) is 5. The molecule has 172 valence electrons. The number of aromatic nitrogens is 3. The van der Waals surface area contributed by atoms with Crippen LogP contribution in [0.2, 0.25) is 0 Å². The molecule has 0 atom stereocenters. The summed E-state index contributed by atoms with van der Waals surface area (Å²) in [5, 5.41) is 14.0. The molecule has 1 aliphatic carbocycles. The van der Waals surface area contributed by atoms with Crippen LogP contribution in [-0.2, 0) is 5.41 Å². The highest BCUT2D eigenvalue weighted by Gasteiger charge is 2.42. The SMILES string of the molecule is Cc1ccc(-n2nc(C3(C)CC3)cc2NC(=O)Nc2ccnc(OC3CCNCC3)c2)cc1. The quantitative estimate of drug-likeness (QED) is 0.522. The predicted octanol–water partition coefficient (Wildman–Crippen LogP) is 4.40. The van der Waals surface area contributed by atoms with Crippen molar-refractivity contribution in [3.8, 4) is 11.6 Å². The lowest BCUT2D eigenvalue weighted by Gasteiger charge is -2.23. The normalized spacial score (nSPS) is 17.4. The van der Waals surface area contributed by atoms with E-state index in [1.54, 1.807) is 23.0 Å². The second-order valence-electron chi connectivity index (χ2n) is 9.25. The Morgan fingerprint density at radius 2 is 1.88 bits per heavy atom. The Labute approximate surface area is 193 Å². The summed E-state index contributed by atoms with van der Waals surface area (Å²) in [5.74, 6) is 1.16. The second-order valence-corrected chi connectivity index (χ2v) is 9.25. The number of nitrogens with zero attached hydrogens (tertiary/aromatic N) is 3. The maximum atomic E-state index is 12.9. The molecule has 0 unspecified atom stereocenters. The number of carbonyl (C=O) groups is 1. The largest absolute Gasteiger partial charge is 0.474 e. The van der Waals surface area contributed by atoms with Gasteiger partial charge in [0.15, 0.2) is 0 Å². The Balaban J connectivity index is 1.31. The van der Waals surface area contributed by atoms with E-state index >= 15 is 0 Å². The van der Waals surface area contributed by atoms with E-state index in [0.29, 0.717) is 17.4 Å². The zero-order valence-corrected chi connectivity index (χ0v) is 19.1. The van der Waals surface area contributed by atoms with E-state index in [9.17, 15) is 4.79 Å². The van der Waals surface area contributed by atoms with Gasteiger partial charge in [-0.1, -0.05) is 24.6 Å². The van der Waals surface area contributed by atoms with Gasteiger partial charge >= 0.3 is 6.03 Å². The fourth-order valence-corrected chi connectivity index (χ4v) is 4.01. The van der Waals surface area contributed by atoms with Crippen molar-refractivity contribution in [2.45, 2.75) is 51.0 Å². The summed E-state index contributed by atoms with van der Waals surface area (Å²) < 4.78 is 7.79. The van der Waals surface area contributed by atoms with Crippen molar-refractivity contribution < 1.29 is 9.53 Å². The molecule has 0 bridgehead atoms. The molecule has 1 saturated carbocycles. The predicted molar refractivity (Wildman–Crippen MR) is 128 cm³/mol. The molecule has 0 radical (unpaired) electrons. The Hall–Kier alpha value is -3.39. The Morgan fingerprint density at radius 3 is 2.61 bits per heavy atom. The fourth-order valence-electron chi connectivity index (χ4n) is 4.01. The van der Waals surface area contributed by atoms with Crippen LogP contribution in [0.1, 0.15) is 43.9 Å². The molecule has 3 heterocycles. The van der Waals surface area contributed by atoms with Crippen LogP contribution in [0.5, 0.6) is 5.88 Å². The van der Waals surface area contributed by atoms with Crippen molar-refractivity contribution in [1.82, 2.24) is 20.1 Å². The minimum absolute atomic E-state index is 0.0921. The lowest BCUT2D eigenvalue weighted by atomic mass is 10.1. The van der Waals surface area contributed by atoms with Crippen LogP contribution in [0.3, 0.4) is 0 Å². The number of piperidine rings is 1. The molecule has 2 amide bonds. The molecule has 3 N–H and O–H groups in total. The standard InChI is InChI=1S/C25H30N6O2/c1-17-3-5-19(6-4-17)31-22(16-21(30-31)25(2)10-11-25)29-24(32)28-18-7-14-27-23(15-18)33-20-8-12-26-13-9-20/h3-7,14-16,20,26H,8-13H2,1-2H3,(H2,27,28,29,32). The highest BCUT2D eigenvalue weighted by molar-refractivity contribution is 5.99. The Morgan fingerprint density at radius 1 is 1.12 bits per heavy atom. The maximum Gasteiger partial charge on any atom is 0.324 e. The maximum absolute atomic E-state index is 12.9. The summed E-state index contributed by atoms with van der Waals surface area (Å²) in [6.45, 7) is 6.15. The molecule has 1 saturated heterocycles. The van der Waals surface area contributed by atoms with E-state index in [0.717, 1.165) is 50.2 Å². The molecule has 2 aromatic heterocycles. The zero-order valence-electron chi connectivity index (χ0n) is 19.1. The van der Waals surface area contributed by atoms with Gasteiger partial charge in [0.2, 0.25) is 5.88 Å². The molecule has 1 aromatic carbocycles. The van der Waals surface area contributed by atoms with Crippen molar-refractivity contribution in [2.24, 2.45) is 0 Å². The van der Waals surface area contributed by atoms with Gasteiger partial charge in [-0.2, -0.15) is 5.10 Å². The van der Waals surface area contributed by atoms with Crippen molar-refractivity contribution in [3.05, 3.63) is 59.9 Å². The molecule has 3 aromatic rings. The third-order valence-electron chi connectivity index (χ3n) is 6.41. The number of hydrogen-bond donors (Lipinski definition) is 3. The molecule has 5 rings (SSSR count). The summed E-state index contributed by atoms with van der Waals surface area (Å²) >= 11 is 0. The smallest absolute Gasteiger partial charge is 0.324 e. The van der Waals surface area contributed by atoms with Crippen molar-refractivity contribution in [3.63, 3.8) is 0 Å². The van der Waals surface area contributed by atoms with E-state index < -0.39 is 0 Å². The number of pyridine rings is 1. The first-order chi connectivity index (χ1) is 16.0. The fraction of sp³-hybridized carbons (Fsp3) is 0.400. The van der Waals surface area contributed by atoms with Crippen LogP contribution < -0.4 is 20.7 Å². The van der Waals surface area contributed by atoms with Crippen molar-refractivity contribution in [1.29, 1.82) is 0 Å². The summed E-state index contributed by atoms with van der Waals surface area (Å²) in [6.07, 6.45) is 5.91. The third-order valence-corrected chi connectivity index (χ3v) is 6.41. The highest BCUT2D eigenvalue weighted by Crippen LogP contribution is 2.47. The van der Waals surface area contributed by atoms with Crippen LogP contribution in [0, 0.1) is 6.92 Å². The van der Waals surface area contributed by atoms with Crippen molar-refractivity contribution >= 4 is 17.5 Å². The molecular formula is C25H30N6O2.